The van der Waals surface area contributed by atoms with Crippen molar-refractivity contribution in [1.82, 2.24) is 15.3 Å². The molecule has 0 aliphatic heterocycles. The summed E-state index contributed by atoms with van der Waals surface area (Å²) in [7, 11) is 0. The number of hydrogen-bond donors (Lipinski definition) is 4. The molecule has 0 spiro atoms. The van der Waals surface area contributed by atoms with E-state index in [1.54, 1.807) is 0 Å². The Morgan fingerprint density at radius 2 is 2.00 bits per heavy atom. The van der Waals surface area contributed by atoms with Crippen LogP contribution in [-0.2, 0) is 13.1 Å². The maximum atomic E-state index is 11.7. The van der Waals surface area contributed by atoms with Gasteiger partial charge in [-0.05, 0) is 11.1 Å². The first kappa shape index (κ1) is 12.1. The molecule has 0 fully saturated rings. The number of nitrogens with two attached hydrogens (primary N) is 1. The van der Waals surface area contributed by atoms with E-state index in [0.717, 1.165) is 11.1 Å². The number of aromatic nitrogens is 2. The molecule has 1 aromatic carbocycles. The molecule has 0 atom stereocenters. The summed E-state index contributed by atoms with van der Waals surface area (Å²) in [5, 5.41) is 2.72. The van der Waals surface area contributed by atoms with E-state index in [2.05, 4.69) is 15.3 Å². The third-order valence-corrected chi connectivity index (χ3v) is 2.62. The van der Waals surface area contributed by atoms with Gasteiger partial charge in [-0.3, -0.25) is 4.79 Å². The van der Waals surface area contributed by atoms with Crippen molar-refractivity contribution >= 4 is 5.91 Å². The van der Waals surface area contributed by atoms with Crippen molar-refractivity contribution in [3.63, 3.8) is 0 Å². The summed E-state index contributed by atoms with van der Waals surface area (Å²) in [6.07, 6.45) is 1.34. The van der Waals surface area contributed by atoms with Gasteiger partial charge in [0.25, 0.3) is 5.91 Å². The third kappa shape index (κ3) is 2.67. The summed E-state index contributed by atoms with van der Waals surface area (Å²) in [6.45, 7) is 0.798. The molecule has 0 bridgehead atoms. The Kier molecular flexibility index (Phi) is 3.59. The van der Waals surface area contributed by atoms with E-state index < -0.39 is 5.69 Å². The van der Waals surface area contributed by atoms with Crippen LogP contribution in [0.2, 0.25) is 0 Å². The summed E-state index contributed by atoms with van der Waals surface area (Å²) < 4.78 is 0. The second-order valence-electron chi connectivity index (χ2n) is 3.81. The van der Waals surface area contributed by atoms with Crippen LogP contribution in [0.5, 0.6) is 0 Å². The molecular weight excluding hydrogens is 232 g/mol. The van der Waals surface area contributed by atoms with Crippen LogP contribution in [-0.4, -0.2) is 15.9 Å². The molecule has 6 nitrogen and oxygen atoms in total. The zero-order valence-electron chi connectivity index (χ0n) is 9.69. The Labute approximate surface area is 103 Å². The number of carbonyl (C=O) groups excluding carboxylic acids is 1. The summed E-state index contributed by atoms with van der Waals surface area (Å²) in [4.78, 5) is 27.3. The number of aromatic amines is 2. The second kappa shape index (κ2) is 5.33. The lowest BCUT2D eigenvalue weighted by atomic mass is 10.1. The van der Waals surface area contributed by atoms with E-state index in [-0.39, 0.29) is 11.6 Å². The quantitative estimate of drug-likeness (QED) is 0.614. The Balaban J connectivity index is 2.03. The van der Waals surface area contributed by atoms with Gasteiger partial charge in [-0.1, -0.05) is 24.3 Å². The Morgan fingerprint density at radius 3 is 2.61 bits per heavy atom. The van der Waals surface area contributed by atoms with Gasteiger partial charge >= 0.3 is 5.69 Å². The van der Waals surface area contributed by atoms with Crippen molar-refractivity contribution in [3.8, 4) is 0 Å². The van der Waals surface area contributed by atoms with Gasteiger partial charge in [0.2, 0.25) is 0 Å². The van der Waals surface area contributed by atoms with Crippen LogP contribution < -0.4 is 16.7 Å². The molecule has 94 valence electrons. The first-order chi connectivity index (χ1) is 8.70. The predicted octanol–water partition coefficient (Wildman–Crippen LogP) is 0.0917. The largest absolute Gasteiger partial charge is 0.347 e. The topological polar surface area (TPSA) is 104 Å². The van der Waals surface area contributed by atoms with Crippen LogP contribution in [0.3, 0.4) is 0 Å². The van der Waals surface area contributed by atoms with Gasteiger partial charge in [-0.15, -0.1) is 0 Å². The monoisotopic (exact) mass is 246 g/mol. The molecule has 0 saturated carbocycles. The molecule has 1 aromatic heterocycles. The van der Waals surface area contributed by atoms with Gasteiger partial charge in [-0.25, -0.2) is 4.79 Å². The number of imidazole rings is 1. The third-order valence-electron chi connectivity index (χ3n) is 2.62. The normalized spacial score (nSPS) is 10.3. The minimum atomic E-state index is -0.400. The smallest absolute Gasteiger partial charge is 0.323 e. The molecule has 0 aliphatic rings. The average Bonchev–Trinajstić information content (AvgIpc) is 2.83. The van der Waals surface area contributed by atoms with Crippen molar-refractivity contribution in [1.29, 1.82) is 0 Å². The zero-order valence-corrected chi connectivity index (χ0v) is 9.69. The highest BCUT2D eigenvalue weighted by molar-refractivity contribution is 5.91. The minimum absolute atomic E-state index is 0.213. The number of amides is 1. The summed E-state index contributed by atoms with van der Waals surface area (Å²) in [5.74, 6) is -0.333. The molecule has 18 heavy (non-hydrogen) atoms. The van der Waals surface area contributed by atoms with Crippen LogP contribution >= 0.6 is 0 Å². The zero-order chi connectivity index (χ0) is 13.0. The molecule has 5 N–H and O–H groups in total. The van der Waals surface area contributed by atoms with Crippen molar-refractivity contribution in [2.24, 2.45) is 5.73 Å². The molecule has 2 rings (SSSR count). The van der Waals surface area contributed by atoms with Crippen LogP contribution in [0, 0.1) is 0 Å². The number of hydrogen-bond acceptors (Lipinski definition) is 3. The number of carbonyl (C=O) groups is 1. The molecule has 6 heteroatoms. The maximum absolute atomic E-state index is 11.7. The summed E-state index contributed by atoms with van der Waals surface area (Å²) >= 11 is 0. The lowest BCUT2D eigenvalue weighted by Crippen LogP contribution is -2.24. The van der Waals surface area contributed by atoms with Crippen LogP contribution in [0.4, 0.5) is 0 Å². The Morgan fingerprint density at radius 1 is 1.28 bits per heavy atom. The maximum Gasteiger partial charge on any atom is 0.323 e. The Bertz CT molecular complexity index is 600. The molecule has 0 aliphatic carbocycles. The van der Waals surface area contributed by atoms with Gasteiger partial charge < -0.3 is 21.0 Å². The lowest BCUT2D eigenvalue weighted by Gasteiger charge is -2.08. The van der Waals surface area contributed by atoms with Crippen molar-refractivity contribution in [3.05, 3.63) is 57.8 Å². The van der Waals surface area contributed by atoms with Gasteiger partial charge in [0, 0.05) is 19.3 Å². The van der Waals surface area contributed by atoms with E-state index in [1.807, 2.05) is 24.3 Å². The Hall–Kier alpha value is -2.34. The number of benzene rings is 1. The summed E-state index contributed by atoms with van der Waals surface area (Å²) in [6, 6.07) is 7.61. The van der Waals surface area contributed by atoms with Gasteiger partial charge in [0.1, 0.15) is 5.69 Å². The molecule has 1 heterocycles. The second-order valence-corrected chi connectivity index (χ2v) is 3.81. The minimum Gasteiger partial charge on any atom is -0.347 e. The predicted molar refractivity (Wildman–Crippen MR) is 66.9 cm³/mol. The van der Waals surface area contributed by atoms with Crippen LogP contribution in [0.1, 0.15) is 21.6 Å². The molecule has 0 saturated heterocycles. The van der Waals surface area contributed by atoms with E-state index in [9.17, 15) is 9.59 Å². The molecule has 0 radical (unpaired) electrons. The standard InChI is InChI=1S/C12H14N4O2/c13-5-8-3-1-2-4-9(8)6-14-11(17)10-7-15-12(18)16-10/h1-4,7H,5-6,13H2,(H,14,17)(H2,15,16,18). The lowest BCUT2D eigenvalue weighted by molar-refractivity contribution is 0.0946. The summed E-state index contributed by atoms with van der Waals surface area (Å²) in [5.41, 5.74) is 7.37. The van der Waals surface area contributed by atoms with Gasteiger partial charge in [-0.2, -0.15) is 0 Å². The van der Waals surface area contributed by atoms with E-state index in [0.29, 0.717) is 13.1 Å². The van der Waals surface area contributed by atoms with E-state index in [4.69, 9.17) is 5.73 Å². The van der Waals surface area contributed by atoms with E-state index >= 15 is 0 Å². The highest BCUT2D eigenvalue weighted by atomic mass is 16.2. The number of H-pyrrole nitrogens is 2. The van der Waals surface area contributed by atoms with Crippen molar-refractivity contribution < 1.29 is 4.79 Å². The SMILES string of the molecule is NCc1ccccc1CNC(=O)c1c[nH]c(=O)[nH]1. The molecular formula is C12H14N4O2. The highest BCUT2D eigenvalue weighted by Crippen LogP contribution is 2.07. The first-order valence-electron chi connectivity index (χ1n) is 5.53. The molecule has 2 aromatic rings. The number of rotatable bonds is 4. The molecule has 1 amide bonds. The van der Waals surface area contributed by atoms with Crippen LogP contribution in [0.15, 0.2) is 35.3 Å². The fraction of sp³-hybridized carbons (Fsp3) is 0.167. The van der Waals surface area contributed by atoms with Crippen molar-refractivity contribution in [2.45, 2.75) is 13.1 Å². The first-order valence-corrected chi connectivity index (χ1v) is 5.53. The van der Waals surface area contributed by atoms with Crippen LogP contribution in [0.25, 0.3) is 0 Å². The average molecular weight is 246 g/mol. The fourth-order valence-corrected chi connectivity index (χ4v) is 1.65. The van der Waals surface area contributed by atoms with Gasteiger partial charge in [0.15, 0.2) is 0 Å². The van der Waals surface area contributed by atoms with Crippen molar-refractivity contribution in [2.75, 3.05) is 0 Å². The highest BCUT2D eigenvalue weighted by Gasteiger charge is 2.08. The van der Waals surface area contributed by atoms with Gasteiger partial charge in [0.05, 0.1) is 0 Å². The molecule has 0 unspecified atom stereocenters. The fourth-order valence-electron chi connectivity index (χ4n) is 1.65. The number of nitrogens with one attached hydrogen (secondary N) is 3. The van der Waals surface area contributed by atoms with E-state index in [1.165, 1.54) is 6.20 Å².